The maximum atomic E-state index is 10.9. The number of nitrogens with one attached hydrogen (secondary N) is 3. The fourth-order valence-electron chi connectivity index (χ4n) is 4.40. The Labute approximate surface area is 244 Å². The van der Waals surface area contributed by atoms with E-state index in [2.05, 4.69) is 31.4 Å². The second-order valence-corrected chi connectivity index (χ2v) is 11.6. The molecule has 0 amide bonds. The standard InChI is InChI=1S/C16H23N3O3S.C15H20N2O/c1-22-15-8-6-7-13-14(9-12-18-16(13)15)17-10-4-3-5-11-19-23(2,20)21;1-18-12-6-2-5-10-16-15-9-11-17-14-8-4-3-7-13(14)15/h6-9,12,19H,3-5,10-11H2,1-2H3,(H,17,18);3-4,7-9,11H,2,5-6,10,12H2,1H3,(H,16,17). The minimum atomic E-state index is -3.08. The maximum absolute atomic E-state index is 10.9. The Morgan fingerprint density at radius 2 is 1.34 bits per heavy atom. The number of hydrogen-bond donors (Lipinski definition) is 3. The van der Waals surface area contributed by atoms with Gasteiger partial charge in [0, 0.05) is 67.9 Å². The van der Waals surface area contributed by atoms with Gasteiger partial charge in [0.15, 0.2) is 0 Å². The predicted molar refractivity (Wildman–Crippen MR) is 169 cm³/mol. The highest BCUT2D eigenvalue weighted by Gasteiger charge is 2.06. The zero-order valence-corrected chi connectivity index (χ0v) is 25.2. The molecule has 41 heavy (non-hydrogen) atoms. The number of rotatable bonds is 16. The van der Waals surface area contributed by atoms with Gasteiger partial charge in [0.2, 0.25) is 10.0 Å². The van der Waals surface area contributed by atoms with E-state index in [1.54, 1.807) is 20.4 Å². The van der Waals surface area contributed by atoms with Crippen molar-refractivity contribution in [2.24, 2.45) is 0 Å². The minimum absolute atomic E-state index is 0.494. The van der Waals surface area contributed by atoms with Gasteiger partial charge >= 0.3 is 0 Å². The number of anilines is 2. The first-order valence-electron chi connectivity index (χ1n) is 14.1. The van der Waals surface area contributed by atoms with Crippen LogP contribution in [0.15, 0.2) is 67.0 Å². The van der Waals surface area contributed by atoms with Crippen molar-refractivity contribution in [2.45, 2.75) is 38.5 Å². The van der Waals surface area contributed by atoms with E-state index >= 15 is 0 Å². The number of ether oxygens (including phenoxy) is 2. The van der Waals surface area contributed by atoms with E-state index in [1.165, 1.54) is 30.2 Å². The molecule has 0 fully saturated rings. The lowest BCUT2D eigenvalue weighted by Gasteiger charge is -2.11. The summed E-state index contributed by atoms with van der Waals surface area (Å²) in [5, 5.41) is 9.12. The van der Waals surface area contributed by atoms with Crippen LogP contribution in [0.5, 0.6) is 5.75 Å². The topological polar surface area (TPSA) is 114 Å². The van der Waals surface area contributed by atoms with Crippen LogP contribution in [0.25, 0.3) is 21.8 Å². The van der Waals surface area contributed by atoms with Crippen molar-refractivity contribution < 1.29 is 17.9 Å². The molecule has 0 unspecified atom stereocenters. The number of benzene rings is 2. The molecule has 2 heterocycles. The van der Waals surface area contributed by atoms with Crippen LogP contribution < -0.4 is 20.1 Å². The first-order valence-corrected chi connectivity index (χ1v) is 16.0. The van der Waals surface area contributed by atoms with Crippen LogP contribution in [0, 0.1) is 0 Å². The largest absolute Gasteiger partial charge is 0.494 e. The van der Waals surface area contributed by atoms with E-state index in [0.29, 0.717) is 6.54 Å². The van der Waals surface area contributed by atoms with Gasteiger partial charge in [0.05, 0.1) is 18.9 Å². The fourth-order valence-corrected chi connectivity index (χ4v) is 4.91. The first-order chi connectivity index (χ1) is 19.9. The molecule has 0 aliphatic heterocycles. The van der Waals surface area contributed by atoms with Crippen LogP contribution in [0.2, 0.25) is 0 Å². The molecule has 0 saturated carbocycles. The molecule has 0 bridgehead atoms. The molecule has 0 radical (unpaired) electrons. The first kappa shape index (κ1) is 32.0. The van der Waals surface area contributed by atoms with Crippen molar-refractivity contribution in [1.29, 1.82) is 0 Å². The fraction of sp³-hybridized carbons (Fsp3) is 0.419. The summed E-state index contributed by atoms with van der Waals surface area (Å²) in [6.07, 6.45) is 11.1. The lowest BCUT2D eigenvalue weighted by molar-refractivity contribution is 0.192. The summed E-state index contributed by atoms with van der Waals surface area (Å²) in [4.78, 5) is 8.73. The molecular formula is C31H43N5O4S. The number of para-hydroxylation sites is 2. The highest BCUT2D eigenvalue weighted by Crippen LogP contribution is 2.28. The molecule has 0 aliphatic carbocycles. The zero-order chi connectivity index (χ0) is 29.3. The summed E-state index contributed by atoms with van der Waals surface area (Å²) in [6, 6.07) is 18.1. The average Bonchev–Trinajstić information content (AvgIpc) is 2.98. The number of sulfonamides is 1. The van der Waals surface area contributed by atoms with Crippen LogP contribution in [-0.2, 0) is 14.8 Å². The van der Waals surface area contributed by atoms with Crippen molar-refractivity contribution in [3.63, 3.8) is 0 Å². The van der Waals surface area contributed by atoms with Crippen molar-refractivity contribution in [2.75, 3.05) is 57.4 Å². The van der Waals surface area contributed by atoms with E-state index in [0.717, 1.165) is 73.2 Å². The van der Waals surface area contributed by atoms with Gasteiger partial charge in [-0.3, -0.25) is 9.97 Å². The summed E-state index contributed by atoms with van der Waals surface area (Å²) in [7, 11) is 0.316. The highest BCUT2D eigenvalue weighted by molar-refractivity contribution is 7.88. The number of methoxy groups -OCH3 is 2. The van der Waals surface area contributed by atoms with Crippen LogP contribution in [0.3, 0.4) is 0 Å². The third-order valence-corrected chi connectivity index (χ3v) is 7.21. The van der Waals surface area contributed by atoms with Gasteiger partial charge in [0.1, 0.15) is 11.3 Å². The quantitative estimate of drug-likeness (QED) is 0.142. The molecular weight excluding hydrogens is 538 g/mol. The van der Waals surface area contributed by atoms with Gasteiger partial charge in [-0.1, -0.05) is 36.8 Å². The Kier molecular flexibility index (Phi) is 13.6. The molecule has 2 aromatic carbocycles. The molecule has 9 nitrogen and oxygen atoms in total. The van der Waals surface area contributed by atoms with Gasteiger partial charge in [0.25, 0.3) is 0 Å². The molecule has 4 aromatic rings. The van der Waals surface area contributed by atoms with Gasteiger partial charge < -0.3 is 20.1 Å². The summed E-state index contributed by atoms with van der Waals surface area (Å²) < 4.78 is 34.8. The molecule has 4 rings (SSSR count). The van der Waals surface area contributed by atoms with Gasteiger partial charge in [-0.05, 0) is 56.4 Å². The molecule has 10 heteroatoms. The predicted octanol–water partition coefficient (Wildman–Crippen LogP) is 5.84. The van der Waals surface area contributed by atoms with E-state index < -0.39 is 10.0 Å². The normalized spacial score (nSPS) is 11.2. The van der Waals surface area contributed by atoms with Crippen molar-refractivity contribution in [1.82, 2.24) is 14.7 Å². The number of pyridine rings is 2. The SMILES string of the molecule is COCCCCCNc1ccnc2ccccc12.COc1cccc2c(NCCCCCNS(C)(=O)=O)ccnc12. The molecule has 0 saturated heterocycles. The Hall–Kier alpha value is -3.47. The van der Waals surface area contributed by atoms with Crippen LogP contribution in [0.4, 0.5) is 11.4 Å². The minimum Gasteiger partial charge on any atom is -0.494 e. The number of nitrogens with zero attached hydrogens (tertiary/aromatic N) is 2. The Balaban J connectivity index is 0.000000232. The maximum Gasteiger partial charge on any atom is 0.208 e. The van der Waals surface area contributed by atoms with E-state index in [-0.39, 0.29) is 0 Å². The van der Waals surface area contributed by atoms with Gasteiger partial charge in [-0.15, -0.1) is 0 Å². The summed E-state index contributed by atoms with van der Waals surface area (Å²) in [6.45, 7) is 3.18. The Morgan fingerprint density at radius 1 is 0.707 bits per heavy atom. The van der Waals surface area contributed by atoms with E-state index in [4.69, 9.17) is 9.47 Å². The van der Waals surface area contributed by atoms with Crippen molar-refractivity contribution >= 4 is 43.2 Å². The number of unbranched alkanes of at least 4 members (excludes halogenated alkanes) is 4. The van der Waals surface area contributed by atoms with Gasteiger partial charge in [-0.25, -0.2) is 13.1 Å². The van der Waals surface area contributed by atoms with Crippen LogP contribution >= 0.6 is 0 Å². The third-order valence-electron chi connectivity index (χ3n) is 6.48. The summed E-state index contributed by atoms with van der Waals surface area (Å²) in [5.74, 6) is 0.762. The zero-order valence-electron chi connectivity index (χ0n) is 24.4. The monoisotopic (exact) mass is 581 g/mol. The molecule has 0 atom stereocenters. The molecule has 0 aliphatic rings. The second kappa shape index (κ2) is 17.4. The lowest BCUT2D eigenvalue weighted by atomic mass is 10.1. The van der Waals surface area contributed by atoms with Crippen LogP contribution in [-0.4, -0.2) is 65.1 Å². The van der Waals surface area contributed by atoms with Gasteiger partial charge in [-0.2, -0.15) is 0 Å². The van der Waals surface area contributed by atoms with E-state index in [9.17, 15) is 8.42 Å². The summed E-state index contributed by atoms with van der Waals surface area (Å²) in [5.41, 5.74) is 4.09. The molecule has 222 valence electrons. The second-order valence-electron chi connectivity index (χ2n) is 9.72. The number of hydrogen-bond acceptors (Lipinski definition) is 8. The lowest BCUT2D eigenvalue weighted by Crippen LogP contribution is -2.22. The van der Waals surface area contributed by atoms with Crippen molar-refractivity contribution in [3.8, 4) is 5.75 Å². The molecule has 0 spiro atoms. The number of fused-ring (bicyclic) bond motifs is 2. The highest BCUT2D eigenvalue weighted by atomic mass is 32.2. The Morgan fingerprint density at radius 3 is 2.05 bits per heavy atom. The Bertz CT molecular complexity index is 1440. The van der Waals surface area contributed by atoms with Crippen molar-refractivity contribution in [3.05, 3.63) is 67.0 Å². The van der Waals surface area contributed by atoms with E-state index in [1.807, 2.05) is 54.7 Å². The molecule has 3 N–H and O–H groups in total. The average molecular weight is 582 g/mol. The third kappa shape index (κ3) is 11.1. The smallest absolute Gasteiger partial charge is 0.208 e. The van der Waals surface area contributed by atoms with Crippen LogP contribution in [0.1, 0.15) is 38.5 Å². The summed E-state index contributed by atoms with van der Waals surface area (Å²) >= 11 is 0. The number of aromatic nitrogens is 2. The molecule has 2 aromatic heterocycles.